The van der Waals surface area contributed by atoms with Crippen molar-refractivity contribution in [1.82, 2.24) is 14.7 Å². The quantitative estimate of drug-likeness (QED) is 0.605. The predicted octanol–water partition coefficient (Wildman–Crippen LogP) is 4.32. The highest BCUT2D eigenvalue weighted by atomic mass is 35.5. The third kappa shape index (κ3) is 5.73. The number of carbonyl (C=O) groups excluding carboxylic acids is 1. The van der Waals surface area contributed by atoms with Gasteiger partial charge in [-0.15, -0.1) is 0 Å². The number of hydrogen-bond acceptors (Lipinski definition) is 4. The molecule has 0 aliphatic rings. The van der Waals surface area contributed by atoms with Crippen LogP contribution in [-0.4, -0.2) is 48.0 Å². The second-order valence-corrected chi connectivity index (χ2v) is 7.23. The van der Waals surface area contributed by atoms with E-state index in [0.29, 0.717) is 23.0 Å². The summed E-state index contributed by atoms with van der Waals surface area (Å²) in [4.78, 5) is 14.4. The minimum atomic E-state index is -0.343. The standard InChI is InChI=1S/C21H24ClN5O2/c1-26(2)12-13-29-20-9-8-17(14-18(20)19-10-11-23-27(19)3)25-21(28)24-16-6-4-15(22)5-7-16/h4-11,14H,12-13H2,1-3H3,(H2,24,25,28). The summed E-state index contributed by atoms with van der Waals surface area (Å²) in [5, 5.41) is 10.5. The van der Waals surface area contributed by atoms with Crippen LogP contribution >= 0.6 is 11.6 Å². The molecule has 7 nitrogen and oxygen atoms in total. The summed E-state index contributed by atoms with van der Waals surface area (Å²) in [5.41, 5.74) is 3.05. The van der Waals surface area contributed by atoms with Crippen molar-refractivity contribution in [3.05, 3.63) is 59.8 Å². The first-order chi connectivity index (χ1) is 13.9. The molecule has 0 spiro atoms. The van der Waals surface area contributed by atoms with Crippen molar-refractivity contribution in [3.63, 3.8) is 0 Å². The topological polar surface area (TPSA) is 71.4 Å². The largest absolute Gasteiger partial charge is 0.492 e. The highest BCUT2D eigenvalue weighted by molar-refractivity contribution is 6.30. The normalized spacial score (nSPS) is 10.8. The summed E-state index contributed by atoms with van der Waals surface area (Å²) in [6.45, 7) is 1.36. The Balaban J connectivity index is 1.77. The number of hydrogen-bond donors (Lipinski definition) is 2. The second-order valence-electron chi connectivity index (χ2n) is 6.79. The van der Waals surface area contributed by atoms with Crippen LogP contribution < -0.4 is 15.4 Å². The minimum absolute atomic E-state index is 0.343. The zero-order chi connectivity index (χ0) is 20.8. The van der Waals surface area contributed by atoms with Gasteiger partial charge in [0.1, 0.15) is 12.4 Å². The Morgan fingerprint density at radius 3 is 2.45 bits per heavy atom. The van der Waals surface area contributed by atoms with Gasteiger partial charge in [-0.2, -0.15) is 5.10 Å². The molecule has 0 bridgehead atoms. The smallest absolute Gasteiger partial charge is 0.323 e. The van der Waals surface area contributed by atoms with Gasteiger partial charge in [-0.1, -0.05) is 11.6 Å². The number of amides is 2. The molecule has 0 saturated heterocycles. The molecular formula is C21H24ClN5O2. The number of nitrogens with zero attached hydrogens (tertiary/aromatic N) is 3. The fourth-order valence-corrected chi connectivity index (χ4v) is 2.86. The zero-order valence-electron chi connectivity index (χ0n) is 16.6. The molecule has 3 rings (SSSR count). The summed E-state index contributed by atoms with van der Waals surface area (Å²) in [7, 11) is 5.86. The van der Waals surface area contributed by atoms with Gasteiger partial charge in [0.2, 0.25) is 0 Å². The monoisotopic (exact) mass is 413 g/mol. The average Bonchev–Trinajstić information content (AvgIpc) is 3.10. The number of ether oxygens (including phenoxy) is 1. The second kappa shape index (κ2) is 9.45. The van der Waals surface area contributed by atoms with Crippen molar-refractivity contribution >= 4 is 29.0 Å². The fraction of sp³-hybridized carbons (Fsp3) is 0.238. The summed E-state index contributed by atoms with van der Waals surface area (Å²) < 4.78 is 7.74. The summed E-state index contributed by atoms with van der Waals surface area (Å²) in [6.07, 6.45) is 1.73. The molecule has 0 fully saturated rings. The number of benzene rings is 2. The van der Waals surface area contributed by atoms with Gasteiger partial charge in [0.05, 0.1) is 5.69 Å². The number of anilines is 2. The number of urea groups is 1. The average molecular weight is 414 g/mol. The molecule has 0 aliphatic heterocycles. The van der Waals surface area contributed by atoms with Gasteiger partial charge >= 0.3 is 6.03 Å². The van der Waals surface area contributed by atoms with E-state index in [1.807, 2.05) is 45.4 Å². The van der Waals surface area contributed by atoms with Gasteiger partial charge in [-0.05, 0) is 62.6 Å². The highest BCUT2D eigenvalue weighted by Gasteiger charge is 2.13. The van der Waals surface area contributed by atoms with E-state index in [4.69, 9.17) is 16.3 Å². The number of rotatable bonds is 7. The van der Waals surface area contributed by atoms with Gasteiger partial charge in [-0.3, -0.25) is 4.68 Å². The van der Waals surface area contributed by atoms with Crippen molar-refractivity contribution in [2.45, 2.75) is 0 Å². The molecule has 0 unspecified atom stereocenters. The number of aryl methyl sites for hydroxylation is 1. The Morgan fingerprint density at radius 2 is 1.79 bits per heavy atom. The molecule has 0 aliphatic carbocycles. The molecule has 2 N–H and O–H groups in total. The molecule has 0 saturated carbocycles. The van der Waals surface area contributed by atoms with Gasteiger partial charge in [0, 0.05) is 41.8 Å². The third-order valence-electron chi connectivity index (χ3n) is 4.23. The molecule has 29 heavy (non-hydrogen) atoms. The van der Waals surface area contributed by atoms with E-state index in [2.05, 4.69) is 20.6 Å². The number of nitrogens with one attached hydrogen (secondary N) is 2. The molecule has 152 valence electrons. The van der Waals surface area contributed by atoms with Crippen LogP contribution in [0, 0.1) is 0 Å². The van der Waals surface area contributed by atoms with Gasteiger partial charge in [0.15, 0.2) is 0 Å². The number of halogens is 1. The summed E-state index contributed by atoms with van der Waals surface area (Å²) in [6, 6.07) is 14.0. The molecule has 1 aromatic heterocycles. The maximum Gasteiger partial charge on any atom is 0.323 e. The fourth-order valence-electron chi connectivity index (χ4n) is 2.74. The SMILES string of the molecule is CN(C)CCOc1ccc(NC(=O)Nc2ccc(Cl)cc2)cc1-c1ccnn1C. The first-order valence-corrected chi connectivity index (χ1v) is 9.53. The summed E-state index contributed by atoms with van der Waals surface area (Å²) >= 11 is 5.88. The van der Waals surface area contributed by atoms with E-state index in [1.165, 1.54) is 0 Å². The molecular weight excluding hydrogens is 390 g/mol. The van der Waals surface area contributed by atoms with Crippen molar-refractivity contribution in [2.24, 2.45) is 7.05 Å². The Labute approximate surface area is 175 Å². The van der Waals surface area contributed by atoms with Crippen LogP contribution in [0.4, 0.5) is 16.2 Å². The first-order valence-electron chi connectivity index (χ1n) is 9.16. The molecule has 0 atom stereocenters. The Bertz CT molecular complexity index is 969. The molecule has 8 heteroatoms. The maximum atomic E-state index is 12.4. The van der Waals surface area contributed by atoms with Gasteiger partial charge in [0.25, 0.3) is 0 Å². The Hall–Kier alpha value is -3.03. The van der Waals surface area contributed by atoms with E-state index >= 15 is 0 Å². The van der Waals surface area contributed by atoms with Crippen molar-refractivity contribution < 1.29 is 9.53 Å². The maximum absolute atomic E-state index is 12.4. The van der Waals surface area contributed by atoms with E-state index in [9.17, 15) is 4.79 Å². The first kappa shape index (κ1) is 20.7. The van der Waals surface area contributed by atoms with E-state index < -0.39 is 0 Å². The van der Waals surface area contributed by atoms with E-state index in [-0.39, 0.29) is 6.03 Å². The molecule has 2 amide bonds. The lowest BCUT2D eigenvalue weighted by molar-refractivity contribution is 0.261. The van der Waals surface area contributed by atoms with Crippen LogP contribution in [0.5, 0.6) is 5.75 Å². The van der Waals surface area contributed by atoms with Crippen molar-refractivity contribution in [2.75, 3.05) is 37.9 Å². The van der Waals surface area contributed by atoms with E-state index in [0.717, 1.165) is 23.6 Å². The molecule has 1 heterocycles. The zero-order valence-corrected chi connectivity index (χ0v) is 17.4. The van der Waals surface area contributed by atoms with Gasteiger partial charge in [-0.25, -0.2) is 4.79 Å². The summed E-state index contributed by atoms with van der Waals surface area (Å²) in [5.74, 6) is 0.735. The minimum Gasteiger partial charge on any atom is -0.492 e. The molecule has 3 aromatic rings. The Morgan fingerprint density at radius 1 is 1.10 bits per heavy atom. The van der Waals surface area contributed by atoms with Crippen LogP contribution in [0.25, 0.3) is 11.3 Å². The van der Waals surface area contributed by atoms with Crippen LogP contribution in [0.3, 0.4) is 0 Å². The van der Waals surface area contributed by atoms with Crippen LogP contribution in [0.15, 0.2) is 54.7 Å². The third-order valence-corrected chi connectivity index (χ3v) is 4.48. The van der Waals surface area contributed by atoms with Crippen LogP contribution in [0.1, 0.15) is 0 Å². The number of carbonyl (C=O) groups is 1. The van der Waals surface area contributed by atoms with Crippen molar-refractivity contribution in [3.8, 4) is 17.0 Å². The lowest BCUT2D eigenvalue weighted by Gasteiger charge is -2.16. The number of likely N-dealkylation sites (N-methyl/N-ethyl adjacent to an activating group) is 1. The van der Waals surface area contributed by atoms with E-state index in [1.54, 1.807) is 35.1 Å². The lowest BCUT2D eigenvalue weighted by Crippen LogP contribution is -2.20. The highest BCUT2D eigenvalue weighted by Crippen LogP contribution is 2.32. The van der Waals surface area contributed by atoms with Crippen LogP contribution in [-0.2, 0) is 7.05 Å². The molecule has 0 radical (unpaired) electrons. The van der Waals surface area contributed by atoms with Gasteiger partial charge < -0.3 is 20.3 Å². The number of aromatic nitrogens is 2. The van der Waals surface area contributed by atoms with Crippen LogP contribution in [0.2, 0.25) is 5.02 Å². The van der Waals surface area contributed by atoms with Crippen molar-refractivity contribution in [1.29, 1.82) is 0 Å². The predicted molar refractivity (Wildman–Crippen MR) is 117 cm³/mol. The molecule has 2 aromatic carbocycles. The lowest BCUT2D eigenvalue weighted by atomic mass is 10.1. The Kier molecular flexibility index (Phi) is 6.74.